The SMILES string of the molecule is O=C(Cl)c1ccc(N2C(=O)c3ccccc3C2=O)cc1[N+](=O)[O-]. The largest absolute Gasteiger partial charge is 0.283 e. The average molecular weight is 331 g/mol. The molecule has 0 radical (unpaired) electrons. The number of fused-ring (bicyclic) bond motifs is 1. The molecule has 0 spiro atoms. The number of anilines is 1. The van der Waals surface area contributed by atoms with Crippen LogP contribution in [0.2, 0.25) is 0 Å². The molecule has 0 saturated heterocycles. The lowest BCUT2D eigenvalue weighted by atomic mass is 10.1. The Kier molecular flexibility index (Phi) is 3.42. The van der Waals surface area contributed by atoms with Crippen molar-refractivity contribution in [1.29, 1.82) is 0 Å². The molecule has 0 fully saturated rings. The van der Waals surface area contributed by atoms with E-state index in [1.54, 1.807) is 12.1 Å². The van der Waals surface area contributed by atoms with Gasteiger partial charge < -0.3 is 0 Å². The maximum Gasteiger partial charge on any atom is 0.283 e. The van der Waals surface area contributed by atoms with Gasteiger partial charge in [0.05, 0.1) is 21.7 Å². The van der Waals surface area contributed by atoms with E-state index < -0.39 is 27.7 Å². The molecule has 0 aliphatic carbocycles. The number of imide groups is 1. The minimum atomic E-state index is -0.995. The molecule has 0 atom stereocenters. The summed E-state index contributed by atoms with van der Waals surface area (Å²) in [7, 11) is 0. The van der Waals surface area contributed by atoms with E-state index >= 15 is 0 Å². The van der Waals surface area contributed by atoms with Gasteiger partial charge in [-0.05, 0) is 35.9 Å². The zero-order chi connectivity index (χ0) is 16.7. The molecule has 2 aromatic carbocycles. The van der Waals surface area contributed by atoms with Crippen LogP contribution in [0.15, 0.2) is 42.5 Å². The van der Waals surface area contributed by atoms with Crippen molar-refractivity contribution in [2.75, 3.05) is 4.90 Å². The molecule has 1 heterocycles. The molecule has 1 aliphatic heterocycles. The Labute approximate surface area is 134 Å². The lowest BCUT2D eigenvalue weighted by Crippen LogP contribution is -2.29. The minimum Gasteiger partial charge on any atom is -0.275 e. The van der Waals surface area contributed by atoms with E-state index in [0.717, 1.165) is 17.0 Å². The normalized spacial score (nSPS) is 13.2. The van der Waals surface area contributed by atoms with Gasteiger partial charge in [0.25, 0.3) is 22.7 Å². The van der Waals surface area contributed by atoms with E-state index in [-0.39, 0.29) is 22.4 Å². The highest BCUT2D eigenvalue weighted by Gasteiger charge is 2.37. The van der Waals surface area contributed by atoms with Gasteiger partial charge in [-0.1, -0.05) is 12.1 Å². The fraction of sp³-hybridized carbons (Fsp3) is 0. The third kappa shape index (κ3) is 2.27. The van der Waals surface area contributed by atoms with Gasteiger partial charge in [-0.2, -0.15) is 0 Å². The van der Waals surface area contributed by atoms with Crippen LogP contribution in [-0.4, -0.2) is 22.0 Å². The number of nitrogens with zero attached hydrogens (tertiary/aromatic N) is 2. The first-order valence-corrected chi connectivity index (χ1v) is 6.75. The molecule has 0 bridgehead atoms. The van der Waals surface area contributed by atoms with Gasteiger partial charge in [-0.15, -0.1) is 0 Å². The lowest BCUT2D eigenvalue weighted by Gasteiger charge is -2.14. The number of benzene rings is 2. The number of hydrogen-bond acceptors (Lipinski definition) is 5. The van der Waals surface area contributed by atoms with Gasteiger partial charge >= 0.3 is 0 Å². The molecule has 8 heteroatoms. The first-order valence-electron chi connectivity index (χ1n) is 6.38. The van der Waals surface area contributed by atoms with Gasteiger partial charge in [-0.3, -0.25) is 24.5 Å². The molecule has 0 aromatic heterocycles. The van der Waals surface area contributed by atoms with Crippen LogP contribution in [-0.2, 0) is 0 Å². The quantitative estimate of drug-likeness (QED) is 0.373. The van der Waals surface area contributed by atoms with Crippen LogP contribution in [0, 0.1) is 10.1 Å². The van der Waals surface area contributed by atoms with Crippen LogP contribution in [0.3, 0.4) is 0 Å². The second-order valence-corrected chi connectivity index (χ2v) is 5.07. The van der Waals surface area contributed by atoms with Crippen molar-refractivity contribution in [1.82, 2.24) is 0 Å². The van der Waals surface area contributed by atoms with Gasteiger partial charge in [0.1, 0.15) is 5.56 Å². The van der Waals surface area contributed by atoms with Gasteiger partial charge in [-0.25, -0.2) is 4.90 Å². The maximum atomic E-state index is 12.3. The highest BCUT2D eigenvalue weighted by Crippen LogP contribution is 2.32. The fourth-order valence-electron chi connectivity index (χ4n) is 2.40. The Hall–Kier alpha value is -3.06. The third-order valence-corrected chi connectivity index (χ3v) is 3.65. The highest BCUT2D eigenvalue weighted by atomic mass is 35.5. The smallest absolute Gasteiger partial charge is 0.275 e. The molecule has 7 nitrogen and oxygen atoms in total. The Bertz CT molecular complexity index is 858. The van der Waals surface area contributed by atoms with E-state index in [9.17, 15) is 24.5 Å². The second-order valence-electron chi connectivity index (χ2n) is 4.72. The molecule has 2 aromatic rings. The monoisotopic (exact) mass is 330 g/mol. The van der Waals surface area contributed by atoms with Crippen LogP contribution < -0.4 is 4.90 Å². The molecule has 0 saturated carbocycles. The van der Waals surface area contributed by atoms with Crippen molar-refractivity contribution in [3.8, 4) is 0 Å². The van der Waals surface area contributed by atoms with Crippen LogP contribution in [0.25, 0.3) is 0 Å². The zero-order valence-corrected chi connectivity index (χ0v) is 12.1. The Balaban J connectivity index is 2.12. The highest BCUT2D eigenvalue weighted by molar-refractivity contribution is 6.68. The van der Waals surface area contributed by atoms with Crippen LogP contribution in [0.5, 0.6) is 0 Å². The number of hydrogen-bond donors (Lipinski definition) is 0. The molecule has 114 valence electrons. The second kappa shape index (κ2) is 5.29. The third-order valence-electron chi connectivity index (χ3n) is 3.44. The molecule has 2 amide bonds. The Morgan fingerprint density at radius 3 is 2.09 bits per heavy atom. The summed E-state index contributed by atoms with van der Waals surface area (Å²) in [6, 6.07) is 9.60. The fourth-order valence-corrected chi connectivity index (χ4v) is 2.56. The molecular weight excluding hydrogens is 324 g/mol. The predicted octanol–water partition coefficient (Wildman–Crippen LogP) is 2.77. The van der Waals surface area contributed by atoms with Crippen LogP contribution in [0.4, 0.5) is 11.4 Å². The number of carbonyl (C=O) groups is 3. The number of rotatable bonds is 3. The molecule has 0 unspecified atom stereocenters. The summed E-state index contributed by atoms with van der Waals surface area (Å²) in [6.45, 7) is 0. The summed E-state index contributed by atoms with van der Waals surface area (Å²) in [5.41, 5.74) is -0.434. The summed E-state index contributed by atoms with van der Waals surface area (Å²) < 4.78 is 0. The molecule has 1 aliphatic rings. The molecule has 23 heavy (non-hydrogen) atoms. The molecule has 0 N–H and O–H groups in total. The number of nitro groups is 1. The van der Waals surface area contributed by atoms with Gasteiger partial charge in [0, 0.05) is 6.07 Å². The van der Waals surface area contributed by atoms with Crippen molar-refractivity contribution in [3.05, 3.63) is 69.3 Å². The van der Waals surface area contributed by atoms with Crippen LogP contribution >= 0.6 is 11.6 Å². The van der Waals surface area contributed by atoms with E-state index in [2.05, 4.69) is 0 Å². The van der Waals surface area contributed by atoms with Crippen molar-refractivity contribution < 1.29 is 19.3 Å². The van der Waals surface area contributed by atoms with Crippen molar-refractivity contribution >= 4 is 40.0 Å². The molecule has 3 rings (SSSR count). The standard InChI is InChI=1S/C15H7ClN2O5/c16-13(19)11-6-5-8(7-12(11)18(22)23)17-14(20)9-3-1-2-4-10(9)15(17)21/h1-7H. The number of carbonyl (C=O) groups excluding carboxylic acids is 3. The number of nitro benzene ring substituents is 1. The topological polar surface area (TPSA) is 97.6 Å². The summed E-state index contributed by atoms with van der Waals surface area (Å²) in [6.07, 6.45) is 0. The minimum absolute atomic E-state index is 0.00423. The van der Waals surface area contributed by atoms with E-state index in [4.69, 9.17) is 11.6 Å². The van der Waals surface area contributed by atoms with Gasteiger partial charge in [0.2, 0.25) is 0 Å². The van der Waals surface area contributed by atoms with Crippen molar-refractivity contribution in [2.24, 2.45) is 0 Å². The summed E-state index contributed by atoms with van der Waals surface area (Å²) in [5, 5.41) is 10.1. The first kappa shape index (κ1) is 14.9. The number of halogens is 1. The van der Waals surface area contributed by atoms with E-state index in [1.807, 2.05) is 0 Å². The van der Waals surface area contributed by atoms with Crippen molar-refractivity contribution in [2.45, 2.75) is 0 Å². The Morgan fingerprint density at radius 1 is 1.04 bits per heavy atom. The average Bonchev–Trinajstić information content (AvgIpc) is 2.78. The van der Waals surface area contributed by atoms with Crippen molar-refractivity contribution in [3.63, 3.8) is 0 Å². The lowest BCUT2D eigenvalue weighted by molar-refractivity contribution is -0.385. The van der Waals surface area contributed by atoms with Crippen LogP contribution in [0.1, 0.15) is 31.1 Å². The molecular formula is C15H7ClN2O5. The zero-order valence-electron chi connectivity index (χ0n) is 11.4. The predicted molar refractivity (Wildman–Crippen MR) is 80.9 cm³/mol. The number of amides is 2. The van der Waals surface area contributed by atoms with E-state index in [1.165, 1.54) is 18.2 Å². The van der Waals surface area contributed by atoms with E-state index in [0.29, 0.717) is 0 Å². The summed E-state index contributed by atoms with van der Waals surface area (Å²) >= 11 is 5.30. The first-order chi connectivity index (χ1) is 10.9. The Morgan fingerprint density at radius 2 is 1.61 bits per heavy atom. The van der Waals surface area contributed by atoms with Gasteiger partial charge in [0.15, 0.2) is 0 Å². The summed E-state index contributed by atoms with van der Waals surface area (Å²) in [5.74, 6) is -1.16. The summed E-state index contributed by atoms with van der Waals surface area (Å²) in [4.78, 5) is 47.0. The maximum absolute atomic E-state index is 12.3.